The number of fused-ring (bicyclic) bond motifs is 1. The first-order valence-electron chi connectivity index (χ1n) is 7.44. The maximum atomic E-state index is 9.30. The lowest BCUT2D eigenvalue weighted by molar-refractivity contribution is 0.320. The number of hydrogen-bond donors (Lipinski definition) is 1. The Bertz CT molecular complexity index is 671. The van der Waals surface area contributed by atoms with Gasteiger partial charge in [0.25, 0.3) is 0 Å². The first kappa shape index (κ1) is 13.6. The molecule has 1 N–H and O–H groups in total. The largest absolute Gasteiger partial charge is 0.410 e. The number of nitrogens with zero attached hydrogens (tertiary/aromatic N) is 1. The summed E-state index contributed by atoms with van der Waals surface area (Å²) in [5, 5.41) is 12.8. The Balaban J connectivity index is 1.85. The molecule has 0 saturated heterocycles. The first-order chi connectivity index (χ1) is 10.4. The second-order valence-electron chi connectivity index (χ2n) is 5.42. The van der Waals surface area contributed by atoms with Crippen molar-refractivity contribution in [2.24, 2.45) is 5.16 Å². The highest BCUT2D eigenvalue weighted by Gasteiger charge is 2.11. The molecule has 1 aliphatic carbocycles. The molecule has 21 heavy (non-hydrogen) atoms. The number of rotatable bonds is 3. The van der Waals surface area contributed by atoms with Crippen molar-refractivity contribution < 1.29 is 5.21 Å². The third-order valence-corrected chi connectivity index (χ3v) is 3.99. The monoisotopic (exact) mass is 277 g/mol. The van der Waals surface area contributed by atoms with E-state index in [4.69, 9.17) is 0 Å². The van der Waals surface area contributed by atoms with Gasteiger partial charge in [0, 0.05) is 5.56 Å². The average molecular weight is 277 g/mol. The molecule has 0 amide bonds. The fourth-order valence-electron chi connectivity index (χ4n) is 2.82. The summed E-state index contributed by atoms with van der Waals surface area (Å²) in [4.78, 5) is 0. The van der Waals surface area contributed by atoms with E-state index in [0.717, 1.165) is 17.5 Å². The molecule has 106 valence electrons. The molecular formula is C19H19NO. The van der Waals surface area contributed by atoms with Crippen molar-refractivity contribution in [1.82, 2.24) is 0 Å². The molecule has 1 aliphatic rings. The Kier molecular flexibility index (Phi) is 4.15. The second kappa shape index (κ2) is 6.40. The van der Waals surface area contributed by atoms with Crippen LogP contribution in [0.3, 0.4) is 0 Å². The summed E-state index contributed by atoms with van der Waals surface area (Å²) in [6.45, 7) is 0. The van der Waals surface area contributed by atoms with Crippen molar-refractivity contribution in [2.45, 2.75) is 25.7 Å². The van der Waals surface area contributed by atoms with Gasteiger partial charge in [0.2, 0.25) is 0 Å². The van der Waals surface area contributed by atoms with Gasteiger partial charge in [0.05, 0.1) is 0 Å². The number of benzene rings is 2. The zero-order valence-corrected chi connectivity index (χ0v) is 12.0. The third kappa shape index (κ3) is 3.22. The molecule has 0 heterocycles. The fraction of sp³-hybridized carbons (Fsp3) is 0.211. The molecule has 0 saturated carbocycles. The van der Waals surface area contributed by atoms with E-state index in [0.29, 0.717) is 5.71 Å². The number of aryl methyl sites for hydroxylation is 2. The molecule has 2 aromatic rings. The van der Waals surface area contributed by atoms with Crippen LogP contribution in [0, 0.1) is 0 Å². The minimum absolute atomic E-state index is 0.604. The molecule has 0 fully saturated rings. The minimum atomic E-state index is 0.604. The quantitative estimate of drug-likeness (QED) is 0.501. The fourth-order valence-corrected chi connectivity index (χ4v) is 2.82. The zero-order chi connectivity index (χ0) is 14.5. The van der Waals surface area contributed by atoms with Gasteiger partial charge >= 0.3 is 0 Å². The highest BCUT2D eigenvalue weighted by molar-refractivity contribution is 6.10. The van der Waals surface area contributed by atoms with Crippen LogP contribution in [0.2, 0.25) is 0 Å². The van der Waals surface area contributed by atoms with E-state index in [-0.39, 0.29) is 0 Å². The summed E-state index contributed by atoms with van der Waals surface area (Å²) in [5.41, 5.74) is 5.51. The van der Waals surface area contributed by atoms with Gasteiger partial charge in [-0.2, -0.15) is 0 Å². The molecule has 0 radical (unpaired) electrons. The smallest absolute Gasteiger partial charge is 0.109 e. The maximum Gasteiger partial charge on any atom is 0.109 e. The highest BCUT2D eigenvalue weighted by atomic mass is 16.4. The van der Waals surface area contributed by atoms with Gasteiger partial charge in [-0.3, -0.25) is 0 Å². The van der Waals surface area contributed by atoms with Crippen molar-refractivity contribution in [3.8, 4) is 0 Å². The van der Waals surface area contributed by atoms with Gasteiger partial charge in [-0.05, 0) is 54.5 Å². The number of allylic oxidation sites excluding steroid dienone is 1. The molecule has 2 nitrogen and oxygen atoms in total. The van der Waals surface area contributed by atoms with Crippen LogP contribution in [0.15, 0.2) is 59.8 Å². The van der Waals surface area contributed by atoms with E-state index in [9.17, 15) is 5.21 Å². The van der Waals surface area contributed by atoms with Crippen molar-refractivity contribution in [1.29, 1.82) is 0 Å². The predicted octanol–water partition coefficient (Wildman–Crippen LogP) is 4.46. The van der Waals surface area contributed by atoms with Gasteiger partial charge in [-0.25, -0.2) is 0 Å². The minimum Gasteiger partial charge on any atom is -0.410 e. The molecule has 2 aromatic carbocycles. The Morgan fingerprint density at radius 2 is 1.71 bits per heavy atom. The highest BCUT2D eigenvalue weighted by Crippen LogP contribution is 2.22. The van der Waals surface area contributed by atoms with Crippen LogP contribution in [-0.2, 0) is 12.8 Å². The Labute approximate surface area is 125 Å². The third-order valence-electron chi connectivity index (χ3n) is 3.99. The lowest BCUT2D eigenvalue weighted by Crippen LogP contribution is -2.05. The van der Waals surface area contributed by atoms with E-state index < -0.39 is 0 Å². The van der Waals surface area contributed by atoms with E-state index in [1.54, 1.807) is 0 Å². The van der Waals surface area contributed by atoms with Crippen LogP contribution in [0.25, 0.3) is 6.08 Å². The second-order valence-corrected chi connectivity index (χ2v) is 5.42. The summed E-state index contributed by atoms with van der Waals surface area (Å²) < 4.78 is 0. The molecule has 2 heteroatoms. The van der Waals surface area contributed by atoms with Gasteiger partial charge < -0.3 is 5.21 Å². The number of oxime groups is 1. The lowest BCUT2D eigenvalue weighted by atomic mass is 9.89. The van der Waals surface area contributed by atoms with E-state index >= 15 is 0 Å². The summed E-state index contributed by atoms with van der Waals surface area (Å²) in [6.07, 6.45) is 8.66. The van der Waals surface area contributed by atoms with Crippen molar-refractivity contribution in [3.63, 3.8) is 0 Å². The van der Waals surface area contributed by atoms with Crippen molar-refractivity contribution in [2.75, 3.05) is 0 Å². The van der Waals surface area contributed by atoms with Crippen LogP contribution in [-0.4, -0.2) is 10.9 Å². The summed E-state index contributed by atoms with van der Waals surface area (Å²) >= 11 is 0. The summed E-state index contributed by atoms with van der Waals surface area (Å²) in [6, 6.07) is 16.4. The zero-order valence-electron chi connectivity index (χ0n) is 12.0. The van der Waals surface area contributed by atoms with Crippen LogP contribution in [0.4, 0.5) is 0 Å². The molecule has 0 atom stereocenters. The summed E-state index contributed by atoms with van der Waals surface area (Å²) in [7, 11) is 0. The number of hydrogen-bond acceptors (Lipinski definition) is 2. The van der Waals surface area contributed by atoms with Crippen molar-refractivity contribution >= 4 is 11.8 Å². The van der Waals surface area contributed by atoms with E-state index in [1.807, 2.05) is 42.5 Å². The SMILES string of the molecule is ON=C(/C=C/c1ccccc1)c1ccc2c(c1)CCCC2. The Morgan fingerprint density at radius 3 is 2.48 bits per heavy atom. The van der Waals surface area contributed by atoms with E-state index in [2.05, 4.69) is 23.4 Å². The Morgan fingerprint density at radius 1 is 0.952 bits per heavy atom. The molecule has 3 rings (SSSR count). The topological polar surface area (TPSA) is 32.6 Å². The Hall–Kier alpha value is -2.35. The van der Waals surface area contributed by atoms with Crippen molar-refractivity contribution in [3.05, 3.63) is 76.9 Å². The maximum absolute atomic E-state index is 9.30. The predicted molar refractivity (Wildman–Crippen MR) is 86.9 cm³/mol. The molecule has 0 bridgehead atoms. The van der Waals surface area contributed by atoms with Crippen LogP contribution >= 0.6 is 0 Å². The van der Waals surface area contributed by atoms with Gasteiger partial charge in [0.1, 0.15) is 5.71 Å². The average Bonchev–Trinajstić information content (AvgIpc) is 2.56. The van der Waals surface area contributed by atoms with Gasteiger partial charge in [-0.1, -0.05) is 53.7 Å². The van der Waals surface area contributed by atoms with Crippen LogP contribution < -0.4 is 0 Å². The first-order valence-corrected chi connectivity index (χ1v) is 7.44. The van der Waals surface area contributed by atoms with Gasteiger partial charge in [0.15, 0.2) is 0 Å². The standard InChI is InChI=1S/C19H19NO/c21-20-19(13-10-15-6-2-1-3-7-15)18-12-11-16-8-4-5-9-17(16)14-18/h1-3,6-7,10-14,21H,4-5,8-9H2/b13-10+,20-19?. The summed E-state index contributed by atoms with van der Waals surface area (Å²) in [5.74, 6) is 0. The van der Waals surface area contributed by atoms with Crippen LogP contribution in [0.5, 0.6) is 0 Å². The normalized spacial score (nSPS) is 15.1. The molecular weight excluding hydrogens is 258 g/mol. The van der Waals surface area contributed by atoms with E-state index in [1.165, 1.54) is 30.4 Å². The molecule has 0 unspecified atom stereocenters. The lowest BCUT2D eigenvalue weighted by Gasteiger charge is -2.16. The molecule has 0 aliphatic heterocycles. The van der Waals surface area contributed by atoms with Crippen LogP contribution in [0.1, 0.15) is 35.1 Å². The molecule has 0 spiro atoms. The molecule has 0 aromatic heterocycles. The van der Waals surface area contributed by atoms with Gasteiger partial charge in [-0.15, -0.1) is 0 Å².